The second kappa shape index (κ2) is 16.4. The summed E-state index contributed by atoms with van der Waals surface area (Å²) < 4.78 is 1.66. The number of para-hydroxylation sites is 1. The van der Waals surface area contributed by atoms with Crippen LogP contribution >= 0.6 is 113 Å². The molecule has 12 heteroatoms. The Balaban J connectivity index is 0.000000425. The maximum atomic E-state index is 7.32. The number of nitriles is 1. The van der Waals surface area contributed by atoms with Crippen molar-refractivity contribution in [2.75, 3.05) is 11.5 Å². The fourth-order valence-corrected chi connectivity index (χ4v) is 4.51. The molecule has 0 bridgehead atoms. The van der Waals surface area contributed by atoms with Gasteiger partial charge < -0.3 is 11.5 Å². The van der Waals surface area contributed by atoms with Gasteiger partial charge in [0, 0.05) is 15.9 Å². The fourth-order valence-electron chi connectivity index (χ4n) is 1.59. The lowest BCUT2D eigenvalue weighted by Crippen LogP contribution is -1.86. The van der Waals surface area contributed by atoms with E-state index in [1.54, 1.807) is 48.5 Å². The van der Waals surface area contributed by atoms with Crippen LogP contribution in [-0.4, -0.2) is 0 Å². The van der Waals surface area contributed by atoms with Crippen LogP contribution in [0.1, 0.15) is 6.92 Å². The predicted octanol–water partition coefficient (Wildman–Crippen LogP) is 10.9. The molecule has 0 heterocycles. The Kier molecular flexibility index (Phi) is 16.2. The first kappa shape index (κ1) is 31.7. The van der Waals surface area contributed by atoms with E-state index in [2.05, 4.69) is 31.9 Å². The molecule has 172 valence electrons. The van der Waals surface area contributed by atoms with E-state index < -0.39 is 0 Å². The lowest BCUT2D eigenvalue weighted by molar-refractivity contribution is 1.49. The standard InChI is InChI=1S/C6H2BrCl3.C6H4BrCl2N.C6H5Cl2N.C2H3N/c2*7-3-1-4(8)6(10)5(9)2-3;7-4-2-1-3-5(8)6(4)9;1-2-3/h1-2H;1-2H,10H2;1-3H,9H2;1H3. The largest absolute Gasteiger partial charge is 0.396 e. The van der Waals surface area contributed by atoms with Gasteiger partial charge in [0.1, 0.15) is 0 Å². The molecule has 0 radical (unpaired) electrons. The number of halogens is 9. The molecule has 0 spiro atoms. The molecule has 0 amide bonds. The lowest BCUT2D eigenvalue weighted by atomic mass is 10.3. The third-order valence-electron chi connectivity index (χ3n) is 2.99. The number of benzene rings is 3. The summed E-state index contributed by atoms with van der Waals surface area (Å²) >= 11 is 46.0. The van der Waals surface area contributed by atoms with Crippen LogP contribution in [-0.2, 0) is 0 Å². The third-order valence-corrected chi connectivity index (χ3v) is 6.39. The highest BCUT2D eigenvalue weighted by Crippen LogP contribution is 2.33. The van der Waals surface area contributed by atoms with Crippen molar-refractivity contribution in [3.05, 3.63) is 86.6 Å². The van der Waals surface area contributed by atoms with Crippen LogP contribution in [0.2, 0.25) is 35.2 Å². The number of nitrogens with two attached hydrogens (primary N) is 2. The maximum absolute atomic E-state index is 7.32. The van der Waals surface area contributed by atoms with E-state index in [-0.39, 0.29) is 0 Å². The van der Waals surface area contributed by atoms with Gasteiger partial charge in [-0.2, -0.15) is 5.26 Å². The molecule has 0 aliphatic heterocycles. The topological polar surface area (TPSA) is 75.8 Å². The van der Waals surface area contributed by atoms with E-state index in [9.17, 15) is 0 Å². The average Bonchev–Trinajstić information content (AvgIpc) is 2.70. The molecule has 0 aromatic heterocycles. The number of hydrogen-bond acceptors (Lipinski definition) is 3. The van der Waals surface area contributed by atoms with Crippen molar-refractivity contribution in [1.82, 2.24) is 0 Å². The molecule has 3 aromatic rings. The molecule has 0 saturated heterocycles. The van der Waals surface area contributed by atoms with Gasteiger partial charge in [-0.15, -0.1) is 0 Å². The summed E-state index contributed by atoms with van der Waals surface area (Å²) in [7, 11) is 0. The summed E-state index contributed by atoms with van der Waals surface area (Å²) in [5.74, 6) is 0. The first-order valence-electron chi connectivity index (χ1n) is 8.06. The highest BCUT2D eigenvalue weighted by molar-refractivity contribution is 9.10. The maximum Gasteiger partial charge on any atom is 0.0779 e. The Bertz CT molecular complexity index is 968. The van der Waals surface area contributed by atoms with E-state index in [4.69, 9.17) is 97.9 Å². The van der Waals surface area contributed by atoms with Gasteiger partial charge in [0.05, 0.1) is 52.6 Å². The molecular formula is C20H14Br2Cl7N3. The summed E-state index contributed by atoms with van der Waals surface area (Å²) in [5, 5.41) is 10.6. The smallest absolute Gasteiger partial charge is 0.0779 e. The molecular weight excluding hydrogens is 690 g/mol. The molecule has 0 fully saturated rings. The number of hydrogen-bond donors (Lipinski definition) is 2. The Morgan fingerprint density at radius 2 is 0.938 bits per heavy atom. The van der Waals surface area contributed by atoms with E-state index in [0.717, 1.165) is 8.95 Å². The average molecular weight is 704 g/mol. The number of nitrogen functional groups attached to an aromatic ring is 2. The van der Waals surface area contributed by atoms with E-state index in [1.165, 1.54) is 6.92 Å². The zero-order valence-corrected chi connectivity index (χ0v) is 24.5. The normalized spacial score (nSPS) is 9.16. The van der Waals surface area contributed by atoms with Gasteiger partial charge >= 0.3 is 0 Å². The second-order valence-electron chi connectivity index (χ2n) is 5.33. The van der Waals surface area contributed by atoms with Gasteiger partial charge in [-0.1, -0.05) is 119 Å². The summed E-state index contributed by atoms with van der Waals surface area (Å²) in [4.78, 5) is 0. The van der Waals surface area contributed by atoms with Gasteiger partial charge in [0.25, 0.3) is 0 Å². The van der Waals surface area contributed by atoms with Crippen LogP contribution in [0.4, 0.5) is 11.4 Å². The van der Waals surface area contributed by atoms with E-state index >= 15 is 0 Å². The van der Waals surface area contributed by atoms with Crippen molar-refractivity contribution in [2.45, 2.75) is 6.92 Å². The molecule has 0 atom stereocenters. The van der Waals surface area contributed by atoms with Gasteiger partial charge in [-0.3, -0.25) is 0 Å². The van der Waals surface area contributed by atoms with Gasteiger partial charge in [-0.05, 0) is 36.4 Å². The monoisotopic (exact) mass is 699 g/mol. The number of rotatable bonds is 0. The molecule has 0 aliphatic rings. The fraction of sp³-hybridized carbons (Fsp3) is 0.0500. The Hall–Kier alpha value is -0.260. The van der Waals surface area contributed by atoms with Crippen LogP contribution in [0, 0.1) is 11.3 Å². The van der Waals surface area contributed by atoms with Crippen LogP contribution in [0.25, 0.3) is 0 Å². The summed E-state index contributed by atoms with van der Waals surface area (Å²) in [5.41, 5.74) is 11.8. The van der Waals surface area contributed by atoms with Crippen LogP contribution in [0.3, 0.4) is 0 Å². The molecule has 4 N–H and O–H groups in total. The van der Waals surface area contributed by atoms with Crippen molar-refractivity contribution >= 4 is 124 Å². The van der Waals surface area contributed by atoms with Crippen LogP contribution in [0.15, 0.2) is 51.4 Å². The molecule has 32 heavy (non-hydrogen) atoms. The zero-order valence-electron chi connectivity index (χ0n) is 16.0. The minimum atomic E-state index is 0.395. The van der Waals surface area contributed by atoms with Gasteiger partial charge in [0.15, 0.2) is 0 Å². The number of anilines is 2. The second-order valence-corrected chi connectivity index (χ2v) is 9.98. The molecule has 0 aliphatic carbocycles. The third kappa shape index (κ3) is 11.7. The Labute approximate surface area is 238 Å². The Morgan fingerprint density at radius 1 is 0.656 bits per heavy atom. The van der Waals surface area contributed by atoms with Crippen LogP contribution < -0.4 is 11.5 Å². The molecule has 0 saturated carbocycles. The van der Waals surface area contributed by atoms with Gasteiger partial charge in [-0.25, -0.2) is 0 Å². The molecule has 0 unspecified atom stereocenters. The lowest BCUT2D eigenvalue weighted by Gasteiger charge is -2.00. The number of nitrogens with zero attached hydrogens (tertiary/aromatic N) is 1. The highest BCUT2D eigenvalue weighted by atomic mass is 79.9. The van der Waals surface area contributed by atoms with E-state index in [1.807, 2.05) is 0 Å². The van der Waals surface area contributed by atoms with Crippen molar-refractivity contribution in [3.8, 4) is 6.07 Å². The van der Waals surface area contributed by atoms with Crippen molar-refractivity contribution in [3.63, 3.8) is 0 Å². The molecule has 3 aromatic carbocycles. The predicted molar refractivity (Wildman–Crippen MR) is 150 cm³/mol. The summed E-state index contributed by atoms with van der Waals surface area (Å²) in [6.45, 7) is 1.43. The van der Waals surface area contributed by atoms with Crippen LogP contribution in [0.5, 0.6) is 0 Å². The van der Waals surface area contributed by atoms with Gasteiger partial charge in [0.2, 0.25) is 0 Å². The minimum Gasteiger partial charge on any atom is -0.396 e. The van der Waals surface area contributed by atoms with Crippen molar-refractivity contribution in [1.29, 1.82) is 5.26 Å². The first-order valence-corrected chi connectivity index (χ1v) is 12.3. The highest BCUT2D eigenvalue weighted by Gasteiger charge is 2.03. The molecule has 3 rings (SSSR count). The summed E-state index contributed by atoms with van der Waals surface area (Å²) in [6.07, 6.45) is 0. The van der Waals surface area contributed by atoms with E-state index in [0.29, 0.717) is 46.5 Å². The van der Waals surface area contributed by atoms with Crippen molar-refractivity contribution < 1.29 is 0 Å². The Morgan fingerprint density at radius 3 is 1.25 bits per heavy atom. The van der Waals surface area contributed by atoms with Crippen molar-refractivity contribution in [2.24, 2.45) is 0 Å². The zero-order chi connectivity index (χ0) is 25.0. The summed E-state index contributed by atoms with van der Waals surface area (Å²) in [6, 6.07) is 13.7. The first-order chi connectivity index (χ1) is 14.8. The SMILES string of the molecule is CC#N.Clc1cc(Br)cc(Cl)c1Cl.Nc1c(Cl)cc(Br)cc1Cl.Nc1c(Cl)cccc1Cl. The molecule has 3 nitrogen and oxygen atoms in total. The quantitative estimate of drug-likeness (QED) is 0.139. The minimum absolute atomic E-state index is 0.395.